The molecule has 2 nitrogen and oxygen atoms in total. The molecule has 0 saturated carbocycles. The van der Waals surface area contributed by atoms with Crippen molar-refractivity contribution in [3.8, 4) is 26.9 Å². The van der Waals surface area contributed by atoms with E-state index < -0.39 is 0 Å². The predicted octanol–water partition coefficient (Wildman–Crippen LogP) is 4.55. The molecule has 2 heterocycles. The number of aromatic nitrogens is 1. The minimum atomic E-state index is 0.869. The third-order valence-corrected chi connectivity index (χ3v) is 4.40. The Morgan fingerprint density at radius 3 is 2.56 bits per heavy atom. The van der Waals surface area contributed by atoms with Crippen molar-refractivity contribution >= 4 is 22.7 Å². The van der Waals surface area contributed by atoms with E-state index >= 15 is 0 Å². The standard InChI is InChI=1S/C14H11NOS2/c1-16-11-6-4-10(5-7-11)14-15-12(9-18-14)13-3-2-8-17-13/h2-9H,1H3. The molecule has 0 saturated heterocycles. The van der Waals surface area contributed by atoms with E-state index in [9.17, 15) is 0 Å². The molecule has 0 spiro atoms. The highest BCUT2D eigenvalue weighted by atomic mass is 32.1. The molecule has 0 amide bonds. The van der Waals surface area contributed by atoms with Gasteiger partial charge in [-0.3, -0.25) is 0 Å². The second kappa shape index (κ2) is 4.92. The van der Waals surface area contributed by atoms with Gasteiger partial charge in [0, 0.05) is 10.9 Å². The lowest BCUT2D eigenvalue weighted by atomic mass is 10.2. The molecule has 0 aliphatic heterocycles. The summed E-state index contributed by atoms with van der Waals surface area (Å²) in [6, 6.07) is 12.1. The fourth-order valence-corrected chi connectivity index (χ4v) is 3.26. The van der Waals surface area contributed by atoms with Crippen LogP contribution in [-0.4, -0.2) is 12.1 Å². The smallest absolute Gasteiger partial charge is 0.124 e. The Kier molecular flexibility index (Phi) is 3.13. The number of benzene rings is 1. The SMILES string of the molecule is COc1ccc(-c2nc(-c3cccs3)cs2)cc1. The molecule has 1 aromatic carbocycles. The molecule has 0 radical (unpaired) electrons. The van der Waals surface area contributed by atoms with E-state index in [0.29, 0.717) is 0 Å². The third-order valence-electron chi connectivity index (χ3n) is 2.61. The number of rotatable bonds is 3. The van der Waals surface area contributed by atoms with Gasteiger partial charge in [0.25, 0.3) is 0 Å². The average molecular weight is 273 g/mol. The van der Waals surface area contributed by atoms with Crippen LogP contribution in [0.3, 0.4) is 0 Å². The number of thiazole rings is 1. The summed E-state index contributed by atoms with van der Waals surface area (Å²) in [5.41, 5.74) is 2.18. The normalized spacial score (nSPS) is 10.5. The molecule has 0 aliphatic rings. The Labute approximate surface area is 114 Å². The predicted molar refractivity (Wildman–Crippen MR) is 77.4 cm³/mol. The van der Waals surface area contributed by atoms with Crippen LogP contribution in [-0.2, 0) is 0 Å². The summed E-state index contributed by atoms with van der Waals surface area (Å²) in [5, 5.41) is 5.22. The maximum atomic E-state index is 5.15. The molecule has 0 bridgehead atoms. The molecule has 0 atom stereocenters. The van der Waals surface area contributed by atoms with Gasteiger partial charge in [-0.05, 0) is 35.7 Å². The van der Waals surface area contributed by atoms with Gasteiger partial charge in [-0.25, -0.2) is 4.98 Å². The number of hydrogen-bond acceptors (Lipinski definition) is 4. The van der Waals surface area contributed by atoms with Crippen molar-refractivity contribution in [3.05, 3.63) is 47.2 Å². The molecule has 3 aromatic rings. The van der Waals surface area contributed by atoms with E-state index in [4.69, 9.17) is 4.74 Å². The van der Waals surface area contributed by atoms with Gasteiger partial charge in [-0.15, -0.1) is 22.7 Å². The molecular formula is C14H11NOS2. The third kappa shape index (κ3) is 2.17. The summed E-state index contributed by atoms with van der Waals surface area (Å²) in [7, 11) is 1.67. The van der Waals surface area contributed by atoms with Crippen molar-refractivity contribution in [2.75, 3.05) is 7.11 Å². The van der Waals surface area contributed by atoms with Crippen LogP contribution >= 0.6 is 22.7 Å². The van der Waals surface area contributed by atoms with Crippen LogP contribution in [0.4, 0.5) is 0 Å². The molecule has 2 aromatic heterocycles. The maximum absolute atomic E-state index is 5.15. The lowest BCUT2D eigenvalue weighted by Gasteiger charge is -2.00. The first-order valence-electron chi connectivity index (χ1n) is 5.50. The average Bonchev–Trinajstić information content (AvgIpc) is 3.09. The first kappa shape index (κ1) is 11.4. The number of hydrogen-bond donors (Lipinski definition) is 0. The van der Waals surface area contributed by atoms with Gasteiger partial charge in [0.2, 0.25) is 0 Å². The highest BCUT2D eigenvalue weighted by molar-refractivity contribution is 7.15. The fourth-order valence-electron chi connectivity index (χ4n) is 1.68. The number of methoxy groups -OCH3 is 1. The van der Waals surface area contributed by atoms with Crippen LogP contribution in [0.5, 0.6) is 5.75 Å². The van der Waals surface area contributed by atoms with E-state index in [1.165, 1.54) is 4.88 Å². The highest BCUT2D eigenvalue weighted by Crippen LogP contribution is 2.31. The lowest BCUT2D eigenvalue weighted by Crippen LogP contribution is -1.82. The summed E-state index contributed by atoms with van der Waals surface area (Å²) < 4.78 is 5.15. The molecule has 0 fully saturated rings. The summed E-state index contributed by atoms with van der Waals surface area (Å²) in [6.45, 7) is 0. The first-order valence-corrected chi connectivity index (χ1v) is 7.26. The molecule has 90 valence electrons. The van der Waals surface area contributed by atoms with Crippen molar-refractivity contribution in [1.29, 1.82) is 0 Å². The zero-order chi connectivity index (χ0) is 12.4. The minimum Gasteiger partial charge on any atom is -0.497 e. The van der Waals surface area contributed by atoms with E-state index in [0.717, 1.165) is 22.0 Å². The Hall–Kier alpha value is -1.65. The quantitative estimate of drug-likeness (QED) is 0.698. The molecule has 18 heavy (non-hydrogen) atoms. The second-order valence-electron chi connectivity index (χ2n) is 3.74. The van der Waals surface area contributed by atoms with Crippen molar-refractivity contribution in [2.45, 2.75) is 0 Å². The van der Waals surface area contributed by atoms with Gasteiger partial charge in [-0.2, -0.15) is 0 Å². The van der Waals surface area contributed by atoms with Crippen molar-refractivity contribution in [2.24, 2.45) is 0 Å². The summed E-state index contributed by atoms with van der Waals surface area (Å²) >= 11 is 3.38. The Morgan fingerprint density at radius 1 is 1.06 bits per heavy atom. The number of ether oxygens (including phenoxy) is 1. The zero-order valence-corrected chi connectivity index (χ0v) is 11.4. The Bertz CT molecular complexity index is 626. The van der Waals surface area contributed by atoms with Gasteiger partial charge < -0.3 is 4.74 Å². The Morgan fingerprint density at radius 2 is 1.89 bits per heavy atom. The zero-order valence-electron chi connectivity index (χ0n) is 9.79. The monoisotopic (exact) mass is 273 g/mol. The van der Waals surface area contributed by atoms with Crippen LogP contribution in [0.1, 0.15) is 0 Å². The van der Waals surface area contributed by atoms with Crippen LogP contribution < -0.4 is 4.74 Å². The van der Waals surface area contributed by atoms with Gasteiger partial charge in [0.1, 0.15) is 10.8 Å². The summed E-state index contributed by atoms with van der Waals surface area (Å²) in [4.78, 5) is 5.88. The molecule has 3 rings (SSSR count). The largest absolute Gasteiger partial charge is 0.497 e. The van der Waals surface area contributed by atoms with Gasteiger partial charge in [-0.1, -0.05) is 6.07 Å². The van der Waals surface area contributed by atoms with E-state index in [1.807, 2.05) is 30.3 Å². The molecule has 0 N–H and O–H groups in total. The Balaban J connectivity index is 1.92. The first-order chi connectivity index (χ1) is 8.86. The van der Waals surface area contributed by atoms with Crippen molar-refractivity contribution in [1.82, 2.24) is 4.98 Å². The van der Waals surface area contributed by atoms with Gasteiger partial charge >= 0.3 is 0 Å². The fraction of sp³-hybridized carbons (Fsp3) is 0.0714. The van der Waals surface area contributed by atoms with E-state index in [2.05, 4.69) is 21.8 Å². The van der Waals surface area contributed by atoms with E-state index in [-0.39, 0.29) is 0 Å². The molecule has 0 aliphatic carbocycles. The minimum absolute atomic E-state index is 0.869. The van der Waals surface area contributed by atoms with Crippen LogP contribution in [0.25, 0.3) is 21.1 Å². The highest BCUT2D eigenvalue weighted by Gasteiger charge is 2.07. The maximum Gasteiger partial charge on any atom is 0.124 e. The van der Waals surface area contributed by atoms with Gasteiger partial charge in [0.15, 0.2) is 0 Å². The lowest BCUT2D eigenvalue weighted by molar-refractivity contribution is 0.415. The molecule has 4 heteroatoms. The summed E-state index contributed by atoms with van der Waals surface area (Å²) in [5.74, 6) is 0.869. The van der Waals surface area contributed by atoms with Crippen LogP contribution in [0, 0.1) is 0 Å². The van der Waals surface area contributed by atoms with E-state index in [1.54, 1.807) is 29.8 Å². The van der Waals surface area contributed by atoms with Crippen molar-refractivity contribution in [3.63, 3.8) is 0 Å². The van der Waals surface area contributed by atoms with Crippen LogP contribution in [0.15, 0.2) is 47.2 Å². The second-order valence-corrected chi connectivity index (χ2v) is 5.55. The molecule has 0 unspecified atom stereocenters. The number of nitrogens with zero attached hydrogens (tertiary/aromatic N) is 1. The van der Waals surface area contributed by atoms with Gasteiger partial charge in [0.05, 0.1) is 17.7 Å². The summed E-state index contributed by atoms with van der Waals surface area (Å²) in [6.07, 6.45) is 0. The number of thiophene rings is 1. The topological polar surface area (TPSA) is 22.1 Å². The van der Waals surface area contributed by atoms with Crippen molar-refractivity contribution < 1.29 is 4.74 Å². The molecular weight excluding hydrogens is 262 g/mol. The van der Waals surface area contributed by atoms with Crippen LogP contribution in [0.2, 0.25) is 0 Å².